The van der Waals surface area contributed by atoms with E-state index in [2.05, 4.69) is 104 Å². The van der Waals surface area contributed by atoms with Crippen LogP contribution in [-0.2, 0) is 5.54 Å². The van der Waals surface area contributed by atoms with E-state index in [1.807, 2.05) is 12.1 Å². The fourth-order valence-corrected chi connectivity index (χ4v) is 5.59. The minimum Gasteiger partial charge on any atom is -0.489 e. The van der Waals surface area contributed by atoms with E-state index in [9.17, 15) is 0 Å². The van der Waals surface area contributed by atoms with Gasteiger partial charge in [0.1, 0.15) is 18.1 Å². The molecule has 4 aromatic rings. The van der Waals surface area contributed by atoms with Crippen LogP contribution in [0.25, 0.3) is 22.2 Å². The van der Waals surface area contributed by atoms with Crippen molar-refractivity contribution in [3.63, 3.8) is 0 Å². The number of rotatable bonds is 12. The van der Waals surface area contributed by atoms with Gasteiger partial charge >= 0.3 is 0 Å². The number of pyridine rings is 1. The van der Waals surface area contributed by atoms with Crippen LogP contribution in [0.1, 0.15) is 51.2 Å². The Hall–Kier alpha value is -3.70. The summed E-state index contributed by atoms with van der Waals surface area (Å²) in [6, 6.07) is 29.4. The lowest BCUT2D eigenvalue weighted by Crippen LogP contribution is -2.42. The highest BCUT2D eigenvalue weighted by atomic mass is 16.5. The molecule has 5 nitrogen and oxygen atoms in total. The molecule has 39 heavy (non-hydrogen) atoms. The fourth-order valence-electron chi connectivity index (χ4n) is 5.59. The van der Waals surface area contributed by atoms with E-state index in [1.54, 1.807) is 0 Å². The van der Waals surface area contributed by atoms with Crippen molar-refractivity contribution in [3.05, 3.63) is 96.1 Å². The van der Waals surface area contributed by atoms with Crippen LogP contribution in [0.15, 0.2) is 89.9 Å². The van der Waals surface area contributed by atoms with Crippen molar-refractivity contribution in [2.24, 2.45) is 4.99 Å². The lowest BCUT2D eigenvalue weighted by molar-refractivity contribution is 0.209. The summed E-state index contributed by atoms with van der Waals surface area (Å²) >= 11 is 0. The number of fused-ring (bicyclic) bond motifs is 1. The largest absolute Gasteiger partial charge is 0.489 e. The van der Waals surface area contributed by atoms with Crippen molar-refractivity contribution in [2.45, 2.75) is 45.6 Å². The Morgan fingerprint density at radius 2 is 1.49 bits per heavy atom. The van der Waals surface area contributed by atoms with Gasteiger partial charge in [-0.2, -0.15) is 0 Å². The van der Waals surface area contributed by atoms with Gasteiger partial charge in [0.15, 0.2) is 5.75 Å². The summed E-state index contributed by atoms with van der Waals surface area (Å²) in [5.74, 6) is 1.68. The summed E-state index contributed by atoms with van der Waals surface area (Å²) in [7, 11) is 0. The van der Waals surface area contributed by atoms with E-state index in [4.69, 9.17) is 14.7 Å². The molecule has 5 heteroatoms. The number of amidine groups is 1. The van der Waals surface area contributed by atoms with Crippen LogP contribution in [0.4, 0.5) is 0 Å². The Morgan fingerprint density at radius 3 is 2.18 bits per heavy atom. The van der Waals surface area contributed by atoms with E-state index in [-0.39, 0.29) is 5.54 Å². The van der Waals surface area contributed by atoms with Crippen molar-refractivity contribution in [1.82, 2.24) is 15.2 Å². The standard InChI is InChI=1S/C34H40N4O/c1-4-21-38(22-5-2)23-24-39-32-30(33-35-25-34(6-3,37-33)27-17-11-8-12-18-27)28-19-13-14-20-29(28)36-31(32)26-15-9-7-10-16-26/h7-20H,4-6,21-25H2,1-3H3,(H,35,37). The Morgan fingerprint density at radius 1 is 0.821 bits per heavy atom. The minimum atomic E-state index is -0.246. The second kappa shape index (κ2) is 12.4. The quantitative estimate of drug-likeness (QED) is 0.217. The molecule has 1 aliphatic heterocycles. The van der Waals surface area contributed by atoms with Gasteiger partial charge < -0.3 is 10.1 Å². The number of hydrogen-bond acceptors (Lipinski definition) is 5. The monoisotopic (exact) mass is 520 g/mol. The lowest BCUT2D eigenvalue weighted by atomic mass is 9.88. The maximum atomic E-state index is 6.75. The highest BCUT2D eigenvalue weighted by molar-refractivity contribution is 6.13. The highest BCUT2D eigenvalue weighted by Crippen LogP contribution is 2.39. The second-order valence-electron chi connectivity index (χ2n) is 10.3. The molecule has 2 heterocycles. The van der Waals surface area contributed by atoms with E-state index in [0.29, 0.717) is 13.2 Å². The van der Waals surface area contributed by atoms with Crippen LogP contribution < -0.4 is 10.1 Å². The predicted molar refractivity (Wildman–Crippen MR) is 163 cm³/mol. The minimum absolute atomic E-state index is 0.246. The molecule has 0 saturated carbocycles. The molecule has 1 aromatic heterocycles. The van der Waals surface area contributed by atoms with Gasteiger partial charge in [-0.25, -0.2) is 4.98 Å². The van der Waals surface area contributed by atoms with E-state index < -0.39 is 0 Å². The average Bonchev–Trinajstić information content (AvgIpc) is 3.43. The number of nitrogens with zero attached hydrogens (tertiary/aromatic N) is 3. The van der Waals surface area contributed by atoms with Gasteiger partial charge in [-0.05, 0) is 44.0 Å². The molecule has 0 fully saturated rings. The normalized spacial score (nSPS) is 16.9. The van der Waals surface area contributed by atoms with Gasteiger partial charge in [-0.15, -0.1) is 0 Å². The van der Waals surface area contributed by atoms with Crippen molar-refractivity contribution in [1.29, 1.82) is 0 Å². The first kappa shape index (κ1) is 26.9. The summed E-state index contributed by atoms with van der Waals surface area (Å²) in [6.07, 6.45) is 3.20. The number of ether oxygens (including phenoxy) is 1. The molecular formula is C34H40N4O. The summed E-state index contributed by atoms with van der Waals surface area (Å²) < 4.78 is 6.75. The van der Waals surface area contributed by atoms with Crippen LogP contribution in [0.3, 0.4) is 0 Å². The zero-order valence-corrected chi connectivity index (χ0v) is 23.5. The first-order valence-electron chi connectivity index (χ1n) is 14.4. The van der Waals surface area contributed by atoms with Crippen molar-refractivity contribution >= 4 is 16.7 Å². The predicted octanol–water partition coefficient (Wildman–Crippen LogP) is 7.06. The van der Waals surface area contributed by atoms with Gasteiger partial charge in [0.05, 0.1) is 23.2 Å². The van der Waals surface area contributed by atoms with Gasteiger partial charge in [0.25, 0.3) is 0 Å². The Bertz CT molecular complexity index is 1400. The van der Waals surface area contributed by atoms with E-state index >= 15 is 0 Å². The smallest absolute Gasteiger partial charge is 0.157 e. The molecule has 0 spiro atoms. The first-order chi connectivity index (χ1) is 19.2. The third-order valence-corrected chi connectivity index (χ3v) is 7.66. The summed E-state index contributed by atoms with van der Waals surface area (Å²) in [5, 5.41) is 4.92. The fraction of sp³-hybridized carbons (Fsp3) is 0.353. The lowest BCUT2D eigenvalue weighted by Gasteiger charge is -2.30. The molecular weight excluding hydrogens is 480 g/mol. The topological polar surface area (TPSA) is 49.8 Å². The summed E-state index contributed by atoms with van der Waals surface area (Å²) in [6.45, 7) is 11.0. The number of aliphatic imine (C=N–C) groups is 1. The van der Waals surface area contributed by atoms with Gasteiger partial charge in [0, 0.05) is 17.5 Å². The van der Waals surface area contributed by atoms with Gasteiger partial charge in [-0.3, -0.25) is 9.89 Å². The van der Waals surface area contributed by atoms with Gasteiger partial charge in [0.2, 0.25) is 0 Å². The maximum absolute atomic E-state index is 6.75. The number of hydrogen-bond donors (Lipinski definition) is 1. The molecule has 202 valence electrons. The Balaban J connectivity index is 1.60. The Kier molecular flexibility index (Phi) is 8.58. The second-order valence-corrected chi connectivity index (χ2v) is 10.3. The van der Waals surface area contributed by atoms with E-state index in [1.165, 1.54) is 5.56 Å². The molecule has 0 saturated heterocycles. The number of benzene rings is 3. The molecule has 0 bridgehead atoms. The molecule has 0 radical (unpaired) electrons. The zero-order valence-electron chi connectivity index (χ0n) is 23.5. The molecule has 1 aliphatic rings. The molecule has 0 aliphatic carbocycles. The van der Waals surface area contributed by atoms with Gasteiger partial charge in [-0.1, -0.05) is 99.6 Å². The molecule has 1 unspecified atom stereocenters. The number of nitrogens with one attached hydrogen (secondary N) is 1. The molecule has 5 rings (SSSR count). The zero-order chi connectivity index (χ0) is 27.1. The summed E-state index contributed by atoms with van der Waals surface area (Å²) in [5.41, 5.74) is 4.86. The van der Waals surface area contributed by atoms with E-state index in [0.717, 1.165) is 78.2 Å². The maximum Gasteiger partial charge on any atom is 0.157 e. The summed E-state index contributed by atoms with van der Waals surface area (Å²) in [4.78, 5) is 12.8. The van der Waals surface area contributed by atoms with Crippen LogP contribution in [0, 0.1) is 0 Å². The first-order valence-corrected chi connectivity index (χ1v) is 14.4. The van der Waals surface area contributed by atoms with Crippen LogP contribution in [0.2, 0.25) is 0 Å². The SMILES string of the molecule is CCCN(CCC)CCOc1c(-c2ccccc2)nc2ccccc2c1C1=NCC(CC)(c2ccccc2)N1. The molecule has 1 N–H and O–H groups in total. The van der Waals surface area contributed by atoms with Crippen molar-refractivity contribution < 1.29 is 4.74 Å². The third kappa shape index (κ3) is 5.69. The molecule has 1 atom stereocenters. The molecule has 3 aromatic carbocycles. The number of aromatic nitrogens is 1. The van der Waals surface area contributed by atoms with Crippen molar-refractivity contribution in [3.8, 4) is 17.0 Å². The highest BCUT2D eigenvalue weighted by Gasteiger charge is 2.37. The van der Waals surface area contributed by atoms with Crippen molar-refractivity contribution in [2.75, 3.05) is 32.8 Å². The Labute approximate surface area is 233 Å². The van der Waals surface area contributed by atoms with Crippen LogP contribution in [0.5, 0.6) is 5.75 Å². The third-order valence-electron chi connectivity index (χ3n) is 7.66. The van der Waals surface area contributed by atoms with Crippen LogP contribution in [-0.4, -0.2) is 48.5 Å². The number of para-hydroxylation sites is 1. The average molecular weight is 521 g/mol. The van der Waals surface area contributed by atoms with Crippen LogP contribution >= 0.6 is 0 Å². The molecule has 0 amide bonds.